The standard InChI is InChI=1S/C21H27FN4O/c1-15-20(16(2)26(23-15)19-9-7-17(22)8-10-19)13-24-11-12-25(21(27)14-24)18-5-3-4-6-18/h7-10,18H,3-6,11-14H2,1-2H3. The van der Waals surface area contributed by atoms with E-state index in [0.29, 0.717) is 12.6 Å². The Balaban J connectivity index is 1.47. The summed E-state index contributed by atoms with van der Waals surface area (Å²) in [5.41, 5.74) is 4.01. The molecule has 27 heavy (non-hydrogen) atoms. The summed E-state index contributed by atoms with van der Waals surface area (Å²) >= 11 is 0. The minimum absolute atomic E-state index is 0.251. The number of benzene rings is 1. The SMILES string of the molecule is Cc1nn(-c2ccc(F)cc2)c(C)c1CN1CCN(C2CCCC2)C(=O)C1. The van der Waals surface area contributed by atoms with Crippen LogP contribution in [0.25, 0.3) is 5.69 Å². The average molecular weight is 370 g/mol. The lowest BCUT2D eigenvalue weighted by atomic mass is 10.1. The summed E-state index contributed by atoms with van der Waals surface area (Å²) in [5.74, 6) is 0.00790. The monoisotopic (exact) mass is 370 g/mol. The second-order valence-corrected chi connectivity index (χ2v) is 7.77. The summed E-state index contributed by atoms with van der Waals surface area (Å²) < 4.78 is 15.1. The number of hydrogen-bond acceptors (Lipinski definition) is 3. The van der Waals surface area contributed by atoms with Crippen LogP contribution in [0.5, 0.6) is 0 Å². The van der Waals surface area contributed by atoms with Gasteiger partial charge in [-0.25, -0.2) is 9.07 Å². The molecule has 2 aliphatic rings. The lowest BCUT2D eigenvalue weighted by Gasteiger charge is -2.37. The number of piperazine rings is 1. The van der Waals surface area contributed by atoms with Crippen molar-refractivity contribution in [2.24, 2.45) is 0 Å². The number of aromatic nitrogens is 2. The Morgan fingerprint density at radius 1 is 1.11 bits per heavy atom. The highest BCUT2D eigenvalue weighted by Gasteiger charge is 2.31. The number of hydrogen-bond donors (Lipinski definition) is 0. The van der Waals surface area contributed by atoms with Crippen LogP contribution in [0.2, 0.25) is 0 Å². The molecule has 1 aliphatic heterocycles. The van der Waals surface area contributed by atoms with E-state index in [0.717, 1.165) is 55.1 Å². The van der Waals surface area contributed by atoms with E-state index in [1.807, 2.05) is 18.5 Å². The fraction of sp³-hybridized carbons (Fsp3) is 0.524. The minimum atomic E-state index is -0.251. The zero-order valence-corrected chi connectivity index (χ0v) is 16.1. The average Bonchev–Trinajstić information content (AvgIpc) is 3.27. The third kappa shape index (κ3) is 3.63. The summed E-state index contributed by atoms with van der Waals surface area (Å²) in [5, 5.41) is 4.64. The van der Waals surface area contributed by atoms with Crippen molar-refractivity contribution < 1.29 is 9.18 Å². The molecule has 1 aromatic carbocycles. The first kappa shape index (κ1) is 18.2. The maximum Gasteiger partial charge on any atom is 0.237 e. The van der Waals surface area contributed by atoms with Gasteiger partial charge in [0, 0.05) is 36.9 Å². The zero-order chi connectivity index (χ0) is 19.0. The van der Waals surface area contributed by atoms with Crippen LogP contribution in [0, 0.1) is 19.7 Å². The van der Waals surface area contributed by atoms with Gasteiger partial charge in [0.15, 0.2) is 0 Å². The number of rotatable bonds is 4. The van der Waals surface area contributed by atoms with Gasteiger partial charge in [0.2, 0.25) is 5.91 Å². The predicted molar refractivity (Wildman–Crippen MR) is 102 cm³/mol. The second-order valence-electron chi connectivity index (χ2n) is 7.77. The first-order valence-corrected chi connectivity index (χ1v) is 9.86. The number of aryl methyl sites for hydroxylation is 1. The molecule has 0 bridgehead atoms. The van der Waals surface area contributed by atoms with Gasteiger partial charge in [0.1, 0.15) is 5.82 Å². The normalized spacial score (nSPS) is 19.2. The summed E-state index contributed by atoms with van der Waals surface area (Å²) in [6, 6.07) is 6.84. The molecular formula is C21H27FN4O. The zero-order valence-electron chi connectivity index (χ0n) is 16.1. The second kappa shape index (κ2) is 7.43. The Kier molecular flexibility index (Phi) is 5.00. The number of halogens is 1. The first-order valence-electron chi connectivity index (χ1n) is 9.86. The van der Waals surface area contributed by atoms with Crippen molar-refractivity contribution in [3.05, 3.63) is 47.0 Å². The van der Waals surface area contributed by atoms with Gasteiger partial charge in [-0.1, -0.05) is 12.8 Å². The van der Waals surface area contributed by atoms with E-state index in [-0.39, 0.29) is 11.7 Å². The molecule has 0 atom stereocenters. The molecule has 1 aromatic heterocycles. The molecule has 2 fully saturated rings. The molecule has 2 heterocycles. The number of carbonyl (C=O) groups excluding carboxylic acids is 1. The van der Waals surface area contributed by atoms with Crippen molar-refractivity contribution in [3.63, 3.8) is 0 Å². The molecule has 2 aromatic rings. The molecule has 6 heteroatoms. The van der Waals surface area contributed by atoms with E-state index in [1.165, 1.54) is 25.0 Å². The van der Waals surface area contributed by atoms with Gasteiger partial charge in [-0.15, -0.1) is 0 Å². The van der Waals surface area contributed by atoms with Gasteiger partial charge in [-0.2, -0.15) is 5.10 Å². The summed E-state index contributed by atoms with van der Waals surface area (Å²) in [7, 11) is 0. The van der Waals surface area contributed by atoms with E-state index >= 15 is 0 Å². The third-order valence-corrected chi connectivity index (χ3v) is 6.00. The molecular weight excluding hydrogens is 343 g/mol. The van der Waals surface area contributed by atoms with Crippen LogP contribution in [-0.2, 0) is 11.3 Å². The van der Waals surface area contributed by atoms with Crippen LogP contribution in [0.1, 0.15) is 42.6 Å². The fourth-order valence-electron chi connectivity index (χ4n) is 4.43. The molecule has 1 aliphatic carbocycles. The molecule has 0 spiro atoms. The maximum absolute atomic E-state index is 13.2. The fourth-order valence-corrected chi connectivity index (χ4v) is 4.43. The van der Waals surface area contributed by atoms with Gasteiger partial charge in [0.05, 0.1) is 17.9 Å². The molecule has 0 radical (unpaired) electrons. The molecule has 1 saturated carbocycles. The molecule has 1 amide bonds. The Morgan fingerprint density at radius 3 is 2.48 bits per heavy atom. The maximum atomic E-state index is 13.2. The van der Waals surface area contributed by atoms with Crippen LogP contribution in [0.15, 0.2) is 24.3 Å². The van der Waals surface area contributed by atoms with Crippen LogP contribution in [0.4, 0.5) is 4.39 Å². The number of carbonyl (C=O) groups is 1. The highest BCUT2D eigenvalue weighted by Crippen LogP contribution is 2.26. The van der Waals surface area contributed by atoms with Crippen molar-refractivity contribution in [2.45, 2.75) is 52.1 Å². The van der Waals surface area contributed by atoms with Gasteiger partial charge in [0.25, 0.3) is 0 Å². The van der Waals surface area contributed by atoms with Gasteiger partial charge in [-0.05, 0) is 51.0 Å². The molecule has 5 nitrogen and oxygen atoms in total. The van der Waals surface area contributed by atoms with Crippen LogP contribution in [-0.4, -0.2) is 51.2 Å². The van der Waals surface area contributed by atoms with Gasteiger partial charge < -0.3 is 4.90 Å². The quantitative estimate of drug-likeness (QED) is 0.830. The molecule has 144 valence electrons. The van der Waals surface area contributed by atoms with Crippen molar-refractivity contribution in [1.82, 2.24) is 19.6 Å². The highest BCUT2D eigenvalue weighted by molar-refractivity contribution is 5.79. The van der Waals surface area contributed by atoms with Gasteiger partial charge >= 0.3 is 0 Å². The van der Waals surface area contributed by atoms with E-state index in [4.69, 9.17) is 0 Å². The van der Waals surface area contributed by atoms with Crippen molar-refractivity contribution in [1.29, 1.82) is 0 Å². The third-order valence-electron chi connectivity index (χ3n) is 6.00. The van der Waals surface area contributed by atoms with Crippen molar-refractivity contribution in [3.8, 4) is 5.69 Å². The first-order chi connectivity index (χ1) is 13.0. The Morgan fingerprint density at radius 2 is 1.81 bits per heavy atom. The van der Waals surface area contributed by atoms with Crippen molar-refractivity contribution >= 4 is 5.91 Å². The molecule has 0 unspecified atom stereocenters. The Hall–Kier alpha value is -2.21. The smallest absolute Gasteiger partial charge is 0.237 e. The van der Waals surface area contributed by atoms with E-state index in [1.54, 1.807) is 12.1 Å². The van der Waals surface area contributed by atoms with Crippen LogP contribution in [0.3, 0.4) is 0 Å². The highest BCUT2D eigenvalue weighted by atomic mass is 19.1. The van der Waals surface area contributed by atoms with Gasteiger partial charge in [-0.3, -0.25) is 9.69 Å². The van der Waals surface area contributed by atoms with E-state index < -0.39 is 0 Å². The Labute approximate surface area is 159 Å². The van der Waals surface area contributed by atoms with E-state index in [9.17, 15) is 9.18 Å². The molecule has 1 saturated heterocycles. The Bertz CT molecular complexity index is 823. The number of amides is 1. The van der Waals surface area contributed by atoms with Crippen molar-refractivity contribution in [2.75, 3.05) is 19.6 Å². The van der Waals surface area contributed by atoms with E-state index in [2.05, 4.69) is 14.9 Å². The van der Waals surface area contributed by atoms with Crippen LogP contribution >= 0.6 is 0 Å². The molecule has 0 N–H and O–H groups in total. The minimum Gasteiger partial charge on any atom is -0.337 e. The lowest BCUT2D eigenvalue weighted by Crippen LogP contribution is -2.53. The predicted octanol–water partition coefficient (Wildman–Crippen LogP) is 3.22. The largest absolute Gasteiger partial charge is 0.337 e. The number of nitrogens with zero attached hydrogens (tertiary/aromatic N) is 4. The summed E-state index contributed by atoms with van der Waals surface area (Å²) in [4.78, 5) is 17.0. The van der Waals surface area contributed by atoms with Crippen LogP contribution < -0.4 is 0 Å². The summed E-state index contributed by atoms with van der Waals surface area (Å²) in [6.45, 7) is 6.98. The molecule has 4 rings (SSSR count). The topological polar surface area (TPSA) is 41.4 Å². The summed E-state index contributed by atoms with van der Waals surface area (Å²) in [6.07, 6.45) is 4.82. The lowest BCUT2D eigenvalue weighted by molar-refractivity contribution is -0.138.